The third-order valence-corrected chi connectivity index (χ3v) is 5.83. The second-order valence-corrected chi connectivity index (χ2v) is 7.44. The number of piperidine rings is 1. The molecule has 1 aromatic heterocycles. The molecule has 0 bridgehead atoms. The first kappa shape index (κ1) is 19.4. The number of ether oxygens (including phenoxy) is 2. The Balaban J connectivity index is 2.03. The van der Waals surface area contributed by atoms with Gasteiger partial charge in [-0.15, -0.1) is 0 Å². The van der Waals surface area contributed by atoms with Gasteiger partial charge in [-0.1, -0.05) is 0 Å². The molecule has 29 heavy (non-hydrogen) atoms. The highest BCUT2D eigenvalue weighted by molar-refractivity contribution is 6.00. The van der Waals surface area contributed by atoms with Crippen molar-refractivity contribution in [3.8, 4) is 11.5 Å². The van der Waals surface area contributed by atoms with E-state index in [-0.39, 0.29) is 11.5 Å². The number of pyridine rings is 1. The molecule has 0 amide bonds. The minimum absolute atomic E-state index is 0.105. The quantitative estimate of drug-likeness (QED) is 0.520. The second kappa shape index (κ2) is 7.48. The number of fused-ring (bicyclic) bond motifs is 2. The lowest BCUT2D eigenvalue weighted by Crippen LogP contribution is -2.36. The van der Waals surface area contributed by atoms with Crippen molar-refractivity contribution >= 4 is 33.2 Å². The van der Waals surface area contributed by atoms with E-state index >= 15 is 0 Å². The van der Waals surface area contributed by atoms with Crippen LogP contribution >= 0.6 is 0 Å². The molecule has 1 aliphatic heterocycles. The van der Waals surface area contributed by atoms with Crippen molar-refractivity contribution in [1.82, 2.24) is 4.57 Å². The Morgan fingerprint density at radius 1 is 1.10 bits per heavy atom. The van der Waals surface area contributed by atoms with E-state index in [0.717, 1.165) is 29.8 Å². The molecule has 0 spiro atoms. The Morgan fingerprint density at radius 3 is 2.45 bits per heavy atom. The van der Waals surface area contributed by atoms with Crippen molar-refractivity contribution in [2.45, 2.75) is 32.4 Å². The summed E-state index contributed by atoms with van der Waals surface area (Å²) < 4.78 is 13.0. The highest BCUT2D eigenvalue weighted by Crippen LogP contribution is 2.35. The highest BCUT2D eigenvalue weighted by atomic mass is 16.5. The molecule has 0 saturated carbocycles. The van der Waals surface area contributed by atoms with Crippen molar-refractivity contribution in [2.75, 3.05) is 37.9 Å². The predicted molar refractivity (Wildman–Crippen MR) is 116 cm³/mol. The van der Waals surface area contributed by atoms with E-state index in [1.165, 1.54) is 0 Å². The number of aryl methyl sites for hydroxylation is 1. The van der Waals surface area contributed by atoms with Gasteiger partial charge in [0, 0.05) is 37.2 Å². The fourth-order valence-electron chi connectivity index (χ4n) is 4.28. The molecule has 2 heterocycles. The Morgan fingerprint density at radius 2 is 1.83 bits per heavy atom. The van der Waals surface area contributed by atoms with Crippen LogP contribution in [0.2, 0.25) is 0 Å². The van der Waals surface area contributed by atoms with E-state index in [4.69, 9.17) is 15.2 Å². The molecule has 3 aromatic rings. The van der Waals surface area contributed by atoms with Crippen LogP contribution in [0.15, 0.2) is 29.1 Å². The van der Waals surface area contributed by atoms with Crippen LogP contribution in [0.4, 0.5) is 11.4 Å². The number of nitrogens with zero attached hydrogens (tertiary/aromatic N) is 2. The average molecular weight is 397 g/mol. The van der Waals surface area contributed by atoms with Crippen LogP contribution in [0.3, 0.4) is 0 Å². The summed E-state index contributed by atoms with van der Waals surface area (Å²) in [5, 5.41) is 10.9. The molecular formula is C22H27N3O4. The fraction of sp³-hybridized carbons (Fsp3) is 0.409. The molecule has 154 valence electrons. The first-order valence-corrected chi connectivity index (χ1v) is 9.93. The molecule has 1 fully saturated rings. The average Bonchev–Trinajstić information content (AvgIpc) is 2.74. The standard InChI is InChI=1S/C22H27N3O4/c1-4-25-17-12-18(24-7-5-13(26)6-8-24)16(23)11-15(17)22(27)21-19(25)9-14(28-2)10-20(21)29-3/h9-13,26H,4-8,23H2,1-3H3. The Kier molecular flexibility index (Phi) is 5.00. The maximum atomic E-state index is 13.4. The molecule has 4 rings (SSSR count). The van der Waals surface area contributed by atoms with Gasteiger partial charge in [0.2, 0.25) is 5.43 Å². The number of aliphatic hydroxyl groups is 1. The minimum atomic E-state index is -0.259. The maximum Gasteiger partial charge on any atom is 0.201 e. The van der Waals surface area contributed by atoms with Gasteiger partial charge in [-0.2, -0.15) is 0 Å². The van der Waals surface area contributed by atoms with Crippen LogP contribution in [-0.2, 0) is 6.54 Å². The van der Waals surface area contributed by atoms with Crippen LogP contribution in [0.5, 0.6) is 11.5 Å². The van der Waals surface area contributed by atoms with Gasteiger partial charge in [0.05, 0.1) is 48.1 Å². The zero-order chi connectivity index (χ0) is 20.7. The van der Waals surface area contributed by atoms with E-state index < -0.39 is 0 Å². The first-order valence-electron chi connectivity index (χ1n) is 9.93. The lowest BCUT2D eigenvalue weighted by Gasteiger charge is -2.32. The zero-order valence-corrected chi connectivity index (χ0v) is 17.1. The number of nitrogen functional groups attached to an aromatic ring is 1. The van der Waals surface area contributed by atoms with E-state index in [9.17, 15) is 9.90 Å². The number of hydrogen-bond donors (Lipinski definition) is 2. The van der Waals surface area contributed by atoms with Crippen molar-refractivity contribution < 1.29 is 14.6 Å². The van der Waals surface area contributed by atoms with Gasteiger partial charge in [0.25, 0.3) is 0 Å². The summed E-state index contributed by atoms with van der Waals surface area (Å²) in [6.07, 6.45) is 1.17. The SMILES string of the molecule is CCn1c2cc(N3CCC(O)CC3)c(N)cc2c(=O)c2c(OC)cc(OC)cc21. The first-order chi connectivity index (χ1) is 14.0. The van der Waals surface area contributed by atoms with Crippen molar-refractivity contribution in [1.29, 1.82) is 0 Å². The largest absolute Gasteiger partial charge is 0.497 e. The van der Waals surface area contributed by atoms with Crippen LogP contribution in [0.1, 0.15) is 19.8 Å². The lowest BCUT2D eigenvalue weighted by atomic mass is 10.0. The number of anilines is 2. The van der Waals surface area contributed by atoms with Gasteiger partial charge in [-0.3, -0.25) is 4.79 Å². The summed E-state index contributed by atoms with van der Waals surface area (Å²) in [5.74, 6) is 1.12. The topological polar surface area (TPSA) is 90.0 Å². The van der Waals surface area contributed by atoms with Crippen molar-refractivity contribution in [2.24, 2.45) is 0 Å². The molecule has 0 atom stereocenters. The van der Waals surface area contributed by atoms with Gasteiger partial charge in [0.1, 0.15) is 11.5 Å². The van der Waals surface area contributed by atoms with Crippen molar-refractivity contribution in [3.63, 3.8) is 0 Å². The monoisotopic (exact) mass is 397 g/mol. The van der Waals surface area contributed by atoms with Crippen LogP contribution in [0.25, 0.3) is 21.8 Å². The molecule has 1 saturated heterocycles. The predicted octanol–water partition coefficient (Wildman–Crippen LogP) is 2.74. The van der Waals surface area contributed by atoms with E-state index in [2.05, 4.69) is 9.47 Å². The smallest absolute Gasteiger partial charge is 0.201 e. The highest BCUT2D eigenvalue weighted by Gasteiger charge is 2.22. The van der Waals surface area contributed by atoms with Gasteiger partial charge in [-0.05, 0) is 31.9 Å². The normalized spacial score (nSPS) is 15.2. The number of nitrogens with two attached hydrogens (primary N) is 1. The van der Waals surface area contributed by atoms with Crippen LogP contribution in [0, 0.1) is 0 Å². The fourth-order valence-corrected chi connectivity index (χ4v) is 4.28. The molecule has 2 aromatic carbocycles. The maximum absolute atomic E-state index is 13.4. The molecule has 0 aliphatic carbocycles. The summed E-state index contributed by atoms with van der Waals surface area (Å²) in [6.45, 7) is 4.19. The van der Waals surface area contributed by atoms with Gasteiger partial charge < -0.3 is 29.8 Å². The Bertz CT molecular complexity index is 1130. The third kappa shape index (κ3) is 3.15. The molecular weight excluding hydrogens is 370 g/mol. The number of hydrogen-bond acceptors (Lipinski definition) is 6. The second-order valence-electron chi connectivity index (χ2n) is 7.44. The van der Waals surface area contributed by atoms with E-state index in [1.54, 1.807) is 26.4 Å². The molecule has 7 nitrogen and oxygen atoms in total. The summed E-state index contributed by atoms with van der Waals surface area (Å²) in [6, 6.07) is 7.37. The van der Waals surface area contributed by atoms with Gasteiger partial charge in [-0.25, -0.2) is 0 Å². The summed E-state index contributed by atoms with van der Waals surface area (Å²) >= 11 is 0. The lowest BCUT2D eigenvalue weighted by molar-refractivity contribution is 0.145. The van der Waals surface area contributed by atoms with Gasteiger partial charge in [0.15, 0.2) is 0 Å². The number of rotatable bonds is 4. The summed E-state index contributed by atoms with van der Waals surface area (Å²) in [5.41, 5.74) is 9.34. The third-order valence-electron chi connectivity index (χ3n) is 5.83. The number of aliphatic hydroxyl groups excluding tert-OH is 1. The van der Waals surface area contributed by atoms with Crippen molar-refractivity contribution in [3.05, 3.63) is 34.5 Å². The zero-order valence-electron chi connectivity index (χ0n) is 17.1. The van der Waals surface area contributed by atoms with E-state index in [1.807, 2.05) is 19.1 Å². The molecule has 7 heteroatoms. The Hall–Kier alpha value is -2.93. The van der Waals surface area contributed by atoms with E-state index in [0.29, 0.717) is 47.3 Å². The number of benzene rings is 2. The molecule has 0 unspecified atom stereocenters. The minimum Gasteiger partial charge on any atom is -0.497 e. The number of methoxy groups -OCH3 is 2. The molecule has 1 aliphatic rings. The van der Waals surface area contributed by atoms with Gasteiger partial charge >= 0.3 is 0 Å². The molecule has 3 N–H and O–H groups in total. The summed E-state index contributed by atoms with van der Waals surface area (Å²) in [7, 11) is 3.15. The number of aromatic nitrogens is 1. The van der Waals surface area contributed by atoms with Crippen LogP contribution < -0.4 is 25.5 Å². The molecule has 0 radical (unpaired) electrons. The van der Waals surface area contributed by atoms with Crippen LogP contribution in [-0.4, -0.2) is 43.1 Å². The Labute approximate surface area is 169 Å². The summed E-state index contributed by atoms with van der Waals surface area (Å²) in [4.78, 5) is 15.6.